The summed E-state index contributed by atoms with van der Waals surface area (Å²) in [5, 5.41) is 3.63. The van der Waals surface area contributed by atoms with Gasteiger partial charge in [-0.3, -0.25) is 0 Å². The average Bonchev–Trinajstić information content (AvgIpc) is 2.63. The molecule has 0 heterocycles. The fraction of sp³-hybridized carbons (Fsp3) is 1.00. The van der Waals surface area contributed by atoms with Crippen molar-refractivity contribution in [3.05, 3.63) is 0 Å². The highest BCUT2D eigenvalue weighted by atomic mass is 35.5. The molecule has 1 aliphatic carbocycles. The molecule has 1 saturated carbocycles. The van der Waals surface area contributed by atoms with Crippen LogP contribution < -0.4 is 5.32 Å². The number of nitrogens with one attached hydrogen (secondary N) is 1. The molecule has 0 aromatic heterocycles. The molecule has 2 heteroatoms. The highest BCUT2D eigenvalue weighted by molar-refractivity contribution is 6.21. The molecule has 0 saturated heterocycles. The van der Waals surface area contributed by atoms with Gasteiger partial charge in [0.1, 0.15) is 0 Å². The molecule has 1 aliphatic rings. The summed E-state index contributed by atoms with van der Waals surface area (Å²) in [5.74, 6) is 0.825. The molecule has 0 spiro atoms. The Labute approximate surface area is 61.8 Å². The van der Waals surface area contributed by atoms with Gasteiger partial charge in [-0.15, -0.1) is 11.6 Å². The van der Waals surface area contributed by atoms with Gasteiger partial charge in [0.25, 0.3) is 0 Å². The molecule has 1 rings (SSSR count). The van der Waals surface area contributed by atoms with Crippen molar-refractivity contribution in [2.45, 2.75) is 25.1 Å². The minimum Gasteiger partial charge on any atom is -0.316 e. The zero-order valence-electron chi connectivity index (χ0n) is 5.86. The molecule has 1 unspecified atom stereocenters. The van der Waals surface area contributed by atoms with Gasteiger partial charge in [0, 0.05) is 11.9 Å². The molecule has 0 radical (unpaired) electrons. The first-order valence-electron chi connectivity index (χ1n) is 3.69. The highest BCUT2D eigenvalue weighted by Crippen LogP contribution is 2.35. The average molecular weight is 148 g/mol. The predicted octanol–water partition coefficient (Wildman–Crippen LogP) is 1.61. The summed E-state index contributed by atoms with van der Waals surface area (Å²) in [6, 6.07) is 0. The minimum absolute atomic E-state index is 0.393. The number of alkyl halides is 1. The number of hydrogen-bond acceptors (Lipinski definition) is 1. The Kier molecular flexibility index (Phi) is 2.80. The molecular weight excluding hydrogens is 134 g/mol. The molecule has 0 aromatic carbocycles. The van der Waals surface area contributed by atoms with Crippen LogP contribution in [0.15, 0.2) is 0 Å². The zero-order valence-corrected chi connectivity index (χ0v) is 6.62. The van der Waals surface area contributed by atoms with Crippen LogP contribution in [0, 0.1) is 5.92 Å². The van der Waals surface area contributed by atoms with Crippen LogP contribution in [0.5, 0.6) is 0 Å². The summed E-state index contributed by atoms with van der Waals surface area (Å²) in [4.78, 5) is 0. The number of halogens is 1. The van der Waals surface area contributed by atoms with E-state index in [1.165, 1.54) is 12.8 Å². The predicted molar refractivity (Wildman–Crippen MR) is 40.9 cm³/mol. The van der Waals surface area contributed by atoms with Crippen LogP contribution >= 0.6 is 11.6 Å². The van der Waals surface area contributed by atoms with Crippen LogP contribution in [-0.2, 0) is 0 Å². The largest absolute Gasteiger partial charge is 0.316 e. The molecule has 9 heavy (non-hydrogen) atoms. The van der Waals surface area contributed by atoms with Gasteiger partial charge < -0.3 is 5.32 Å². The third-order valence-electron chi connectivity index (χ3n) is 1.72. The third kappa shape index (κ3) is 2.55. The first-order valence-corrected chi connectivity index (χ1v) is 4.13. The van der Waals surface area contributed by atoms with E-state index in [0.29, 0.717) is 5.38 Å². The molecule has 0 bridgehead atoms. The van der Waals surface area contributed by atoms with Crippen molar-refractivity contribution in [2.24, 2.45) is 5.92 Å². The van der Waals surface area contributed by atoms with Crippen LogP contribution in [0.4, 0.5) is 0 Å². The Morgan fingerprint density at radius 2 is 2.33 bits per heavy atom. The first-order chi connectivity index (χ1) is 4.34. The van der Waals surface area contributed by atoms with E-state index in [-0.39, 0.29) is 0 Å². The molecule has 0 aromatic rings. The Hall–Kier alpha value is 0.250. The van der Waals surface area contributed by atoms with Crippen LogP contribution in [-0.4, -0.2) is 18.5 Å². The maximum atomic E-state index is 5.99. The van der Waals surface area contributed by atoms with Crippen LogP contribution in [0.3, 0.4) is 0 Å². The van der Waals surface area contributed by atoms with Gasteiger partial charge >= 0.3 is 0 Å². The Bertz CT molecular complexity index is 81.0. The van der Waals surface area contributed by atoms with Crippen molar-refractivity contribution < 1.29 is 0 Å². The van der Waals surface area contributed by atoms with Gasteiger partial charge in [-0.2, -0.15) is 0 Å². The van der Waals surface area contributed by atoms with E-state index in [4.69, 9.17) is 11.6 Å². The molecular formula is C7H14ClN. The van der Waals surface area contributed by atoms with E-state index in [1.807, 2.05) is 0 Å². The summed E-state index contributed by atoms with van der Waals surface area (Å²) >= 11 is 5.99. The lowest BCUT2D eigenvalue weighted by Crippen LogP contribution is -2.23. The van der Waals surface area contributed by atoms with Crippen molar-refractivity contribution in [3.8, 4) is 0 Å². The number of hydrogen-bond donors (Lipinski definition) is 1. The Morgan fingerprint density at radius 3 is 2.78 bits per heavy atom. The highest BCUT2D eigenvalue weighted by Gasteiger charge is 2.28. The van der Waals surface area contributed by atoms with Crippen LogP contribution in [0.25, 0.3) is 0 Å². The Balaban J connectivity index is 1.96. The monoisotopic (exact) mass is 147 g/mol. The normalized spacial score (nSPS) is 22.0. The maximum absolute atomic E-state index is 5.99. The van der Waals surface area contributed by atoms with Gasteiger partial charge in [-0.1, -0.05) is 6.92 Å². The van der Waals surface area contributed by atoms with Gasteiger partial charge in [0.05, 0.1) is 0 Å². The van der Waals surface area contributed by atoms with Crippen molar-refractivity contribution >= 4 is 11.6 Å². The van der Waals surface area contributed by atoms with Gasteiger partial charge in [-0.05, 0) is 25.3 Å². The van der Waals surface area contributed by atoms with E-state index in [9.17, 15) is 0 Å². The molecule has 1 N–H and O–H groups in total. The first kappa shape index (κ1) is 7.36. The van der Waals surface area contributed by atoms with Crippen molar-refractivity contribution in [1.29, 1.82) is 0 Å². The second-order valence-electron chi connectivity index (χ2n) is 2.66. The van der Waals surface area contributed by atoms with Crippen molar-refractivity contribution in [3.63, 3.8) is 0 Å². The van der Waals surface area contributed by atoms with Crippen LogP contribution in [0.1, 0.15) is 19.8 Å². The van der Waals surface area contributed by atoms with E-state index in [1.54, 1.807) is 0 Å². The molecule has 0 aliphatic heterocycles. The fourth-order valence-corrected chi connectivity index (χ4v) is 1.27. The fourth-order valence-electron chi connectivity index (χ4n) is 0.907. The van der Waals surface area contributed by atoms with Gasteiger partial charge in [0.15, 0.2) is 0 Å². The standard InChI is InChI=1S/C7H14ClN/c1-2-9-5-7(8)6-3-4-6/h6-7,9H,2-5H2,1H3. The molecule has 1 fully saturated rings. The quantitative estimate of drug-likeness (QED) is 0.596. The summed E-state index contributed by atoms with van der Waals surface area (Å²) in [7, 11) is 0. The second kappa shape index (κ2) is 3.43. The molecule has 54 valence electrons. The van der Waals surface area contributed by atoms with E-state index < -0.39 is 0 Å². The lowest BCUT2D eigenvalue weighted by atomic mass is 10.3. The lowest BCUT2D eigenvalue weighted by molar-refractivity contribution is 0.638. The lowest BCUT2D eigenvalue weighted by Gasteiger charge is -2.06. The van der Waals surface area contributed by atoms with Crippen molar-refractivity contribution in [2.75, 3.05) is 13.1 Å². The second-order valence-corrected chi connectivity index (χ2v) is 3.22. The smallest absolute Gasteiger partial charge is 0.0488 e. The maximum Gasteiger partial charge on any atom is 0.0488 e. The van der Waals surface area contributed by atoms with Crippen molar-refractivity contribution in [1.82, 2.24) is 5.32 Å². The summed E-state index contributed by atoms with van der Waals surface area (Å²) in [5.41, 5.74) is 0. The molecule has 1 atom stereocenters. The molecule has 1 nitrogen and oxygen atoms in total. The topological polar surface area (TPSA) is 12.0 Å². The zero-order chi connectivity index (χ0) is 6.69. The van der Waals surface area contributed by atoms with E-state index >= 15 is 0 Å². The minimum atomic E-state index is 0.393. The van der Waals surface area contributed by atoms with Gasteiger partial charge in [0.2, 0.25) is 0 Å². The third-order valence-corrected chi connectivity index (χ3v) is 2.23. The van der Waals surface area contributed by atoms with E-state index in [2.05, 4.69) is 12.2 Å². The SMILES string of the molecule is CCNCC(Cl)C1CC1. The van der Waals surface area contributed by atoms with Gasteiger partial charge in [-0.25, -0.2) is 0 Å². The summed E-state index contributed by atoms with van der Waals surface area (Å²) in [6.07, 6.45) is 2.69. The molecule has 0 amide bonds. The van der Waals surface area contributed by atoms with Crippen LogP contribution in [0.2, 0.25) is 0 Å². The number of rotatable bonds is 4. The van der Waals surface area contributed by atoms with E-state index in [0.717, 1.165) is 19.0 Å². The summed E-state index contributed by atoms with van der Waals surface area (Å²) < 4.78 is 0. The Morgan fingerprint density at radius 1 is 1.67 bits per heavy atom. The summed E-state index contributed by atoms with van der Waals surface area (Å²) in [6.45, 7) is 4.13.